The summed E-state index contributed by atoms with van der Waals surface area (Å²) in [6.07, 6.45) is 2.94. The average molecular weight is 247 g/mol. The summed E-state index contributed by atoms with van der Waals surface area (Å²) >= 11 is 0. The minimum absolute atomic E-state index is 0.299. The lowest BCUT2D eigenvalue weighted by Crippen LogP contribution is -2.29. The van der Waals surface area contributed by atoms with Gasteiger partial charge in [-0.2, -0.15) is 0 Å². The van der Waals surface area contributed by atoms with Crippen molar-refractivity contribution in [1.82, 2.24) is 19.5 Å². The number of aliphatic hydroxyl groups is 2. The van der Waals surface area contributed by atoms with Crippen LogP contribution in [0.2, 0.25) is 0 Å². The largest absolute Gasteiger partial charge is 0.388 e. The Hall–Kier alpha value is -1.99. The molecule has 1 aliphatic carbocycles. The minimum Gasteiger partial charge on any atom is -0.388 e. The maximum absolute atomic E-state index is 10.0. The fraction of sp³-hybridized carbons (Fsp3) is 0.364. The average Bonchev–Trinajstić information content (AvgIpc) is 2.88. The van der Waals surface area contributed by atoms with Gasteiger partial charge in [0.25, 0.3) is 0 Å². The normalized spacial score (nSPS) is 27.7. The zero-order valence-electron chi connectivity index (χ0n) is 9.72. The summed E-state index contributed by atoms with van der Waals surface area (Å²) in [5.41, 5.74) is 7.48. The first-order chi connectivity index (χ1) is 8.59. The number of nitrogen functional groups attached to an aromatic ring is 1. The number of nitrogens with zero attached hydrogens (tertiary/aromatic N) is 4. The Balaban J connectivity index is 2.14. The van der Waals surface area contributed by atoms with E-state index in [9.17, 15) is 10.2 Å². The van der Waals surface area contributed by atoms with Gasteiger partial charge in [0, 0.05) is 0 Å². The summed E-state index contributed by atoms with van der Waals surface area (Å²) in [6, 6.07) is -0.390. The van der Waals surface area contributed by atoms with Crippen LogP contribution in [-0.4, -0.2) is 41.9 Å². The zero-order chi connectivity index (χ0) is 12.9. The first-order valence-corrected chi connectivity index (χ1v) is 5.57. The highest BCUT2D eigenvalue weighted by atomic mass is 16.3. The first kappa shape index (κ1) is 11.1. The molecule has 2 aromatic heterocycles. The molecular weight excluding hydrogens is 234 g/mol. The van der Waals surface area contributed by atoms with Crippen LogP contribution in [0, 0.1) is 0 Å². The molecule has 94 valence electrons. The fourth-order valence-corrected chi connectivity index (χ4v) is 2.26. The van der Waals surface area contributed by atoms with Crippen LogP contribution < -0.4 is 5.73 Å². The smallest absolute Gasteiger partial charge is 0.166 e. The SMILES string of the molecule is CC1=C[C@H](n2cnc3c(N)ncnc32)[C@@H](O)[C@H]1O. The van der Waals surface area contributed by atoms with Crippen LogP contribution in [0.15, 0.2) is 24.3 Å². The van der Waals surface area contributed by atoms with Crippen LogP contribution in [0.25, 0.3) is 11.2 Å². The number of aliphatic hydroxyl groups excluding tert-OH is 2. The molecule has 0 saturated carbocycles. The predicted octanol–water partition coefficient (Wildman–Crippen LogP) is -0.369. The van der Waals surface area contributed by atoms with E-state index in [1.54, 1.807) is 23.9 Å². The van der Waals surface area contributed by atoms with Crippen molar-refractivity contribution >= 4 is 17.0 Å². The molecule has 4 N–H and O–H groups in total. The highest BCUT2D eigenvalue weighted by molar-refractivity contribution is 5.81. The molecule has 0 aromatic carbocycles. The number of imidazole rings is 1. The van der Waals surface area contributed by atoms with Gasteiger partial charge in [-0.25, -0.2) is 15.0 Å². The second-order valence-corrected chi connectivity index (χ2v) is 4.42. The standard InChI is InChI=1S/C11H13N5O2/c1-5-2-6(9(18)8(5)17)16-4-15-7-10(12)13-3-14-11(7)16/h2-4,6,8-9,17-18H,1H3,(H2,12,13,14)/t6-,8-,9+/m0/s1. The third-order valence-electron chi connectivity index (χ3n) is 3.28. The van der Waals surface area contributed by atoms with Crippen molar-refractivity contribution < 1.29 is 10.2 Å². The maximum Gasteiger partial charge on any atom is 0.166 e. The van der Waals surface area contributed by atoms with E-state index in [1.807, 2.05) is 0 Å². The summed E-state index contributed by atoms with van der Waals surface area (Å²) in [4.78, 5) is 12.1. The highest BCUT2D eigenvalue weighted by Gasteiger charge is 2.34. The quantitative estimate of drug-likeness (QED) is 0.593. The summed E-state index contributed by atoms with van der Waals surface area (Å²) < 4.78 is 1.69. The molecule has 3 atom stereocenters. The van der Waals surface area contributed by atoms with E-state index in [4.69, 9.17) is 5.73 Å². The molecule has 2 heterocycles. The maximum atomic E-state index is 10.0. The Morgan fingerprint density at radius 2 is 2.06 bits per heavy atom. The molecule has 0 fully saturated rings. The second-order valence-electron chi connectivity index (χ2n) is 4.42. The van der Waals surface area contributed by atoms with Crippen molar-refractivity contribution in [3.05, 3.63) is 24.3 Å². The molecule has 0 spiro atoms. The molecule has 3 rings (SSSR count). The lowest BCUT2D eigenvalue weighted by atomic mass is 10.1. The van der Waals surface area contributed by atoms with Crippen LogP contribution in [0.3, 0.4) is 0 Å². The fourth-order valence-electron chi connectivity index (χ4n) is 2.26. The Morgan fingerprint density at radius 3 is 2.72 bits per heavy atom. The summed E-state index contributed by atoms with van der Waals surface area (Å²) in [5, 5.41) is 19.8. The van der Waals surface area contributed by atoms with Crippen LogP contribution in [0.4, 0.5) is 5.82 Å². The van der Waals surface area contributed by atoms with E-state index < -0.39 is 12.2 Å². The molecule has 0 unspecified atom stereocenters. The minimum atomic E-state index is -0.904. The Labute approximate surface area is 103 Å². The topological polar surface area (TPSA) is 110 Å². The molecule has 0 bridgehead atoms. The molecule has 7 heteroatoms. The predicted molar refractivity (Wildman–Crippen MR) is 64.5 cm³/mol. The van der Waals surface area contributed by atoms with E-state index in [0.717, 1.165) is 5.57 Å². The van der Waals surface area contributed by atoms with E-state index >= 15 is 0 Å². The molecule has 18 heavy (non-hydrogen) atoms. The van der Waals surface area contributed by atoms with Crippen molar-refractivity contribution in [3.8, 4) is 0 Å². The lowest BCUT2D eigenvalue weighted by Gasteiger charge is -2.18. The third kappa shape index (κ3) is 1.41. The van der Waals surface area contributed by atoms with Gasteiger partial charge in [0.1, 0.15) is 24.1 Å². The van der Waals surface area contributed by atoms with Gasteiger partial charge in [0.2, 0.25) is 0 Å². The second kappa shape index (κ2) is 3.76. The Kier molecular flexibility index (Phi) is 2.32. The number of aromatic nitrogens is 4. The van der Waals surface area contributed by atoms with Crippen molar-refractivity contribution in [1.29, 1.82) is 0 Å². The number of fused-ring (bicyclic) bond motifs is 1. The summed E-state index contributed by atoms with van der Waals surface area (Å²) in [5.74, 6) is 0.299. The van der Waals surface area contributed by atoms with Crippen molar-refractivity contribution in [2.45, 2.75) is 25.2 Å². The van der Waals surface area contributed by atoms with Gasteiger partial charge < -0.3 is 20.5 Å². The highest BCUT2D eigenvalue weighted by Crippen LogP contribution is 2.31. The van der Waals surface area contributed by atoms with Crippen molar-refractivity contribution in [3.63, 3.8) is 0 Å². The molecule has 0 saturated heterocycles. The monoisotopic (exact) mass is 247 g/mol. The van der Waals surface area contributed by atoms with E-state index in [0.29, 0.717) is 17.0 Å². The lowest BCUT2D eigenvalue weighted by molar-refractivity contribution is 0.0329. The molecule has 1 aliphatic rings. The number of anilines is 1. The number of nitrogens with two attached hydrogens (primary N) is 1. The molecule has 7 nitrogen and oxygen atoms in total. The van der Waals surface area contributed by atoms with Gasteiger partial charge in [-0.15, -0.1) is 0 Å². The van der Waals surface area contributed by atoms with Gasteiger partial charge >= 0.3 is 0 Å². The number of hydrogen-bond acceptors (Lipinski definition) is 6. The number of hydrogen-bond donors (Lipinski definition) is 3. The Bertz CT molecular complexity index is 635. The van der Waals surface area contributed by atoms with Crippen LogP contribution in [-0.2, 0) is 0 Å². The number of rotatable bonds is 1. The molecule has 2 aromatic rings. The van der Waals surface area contributed by atoms with E-state index in [1.165, 1.54) is 6.33 Å². The third-order valence-corrected chi connectivity index (χ3v) is 3.28. The summed E-state index contributed by atoms with van der Waals surface area (Å²) in [7, 11) is 0. The van der Waals surface area contributed by atoms with E-state index in [-0.39, 0.29) is 6.04 Å². The van der Waals surface area contributed by atoms with Gasteiger partial charge in [0.05, 0.1) is 12.4 Å². The molecule has 0 aliphatic heterocycles. The van der Waals surface area contributed by atoms with Gasteiger partial charge in [-0.1, -0.05) is 6.08 Å². The zero-order valence-corrected chi connectivity index (χ0v) is 9.72. The Morgan fingerprint density at radius 1 is 1.28 bits per heavy atom. The molecule has 0 radical (unpaired) electrons. The van der Waals surface area contributed by atoms with Crippen LogP contribution >= 0.6 is 0 Å². The summed E-state index contributed by atoms with van der Waals surface area (Å²) in [6.45, 7) is 1.77. The van der Waals surface area contributed by atoms with Gasteiger partial charge in [-0.05, 0) is 12.5 Å². The van der Waals surface area contributed by atoms with Crippen molar-refractivity contribution in [2.75, 3.05) is 5.73 Å². The van der Waals surface area contributed by atoms with E-state index in [2.05, 4.69) is 15.0 Å². The first-order valence-electron chi connectivity index (χ1n) is 5.57. The van der Waals surface area contributed by atoms with Crippen molar-refractivity contribution in [2.24, 2.45) is 0 Å². The molecule has 0 amide bonds. The van der Waals surface area contributed by atoms with Gasteiger partial charge in [-0.3, -0.25) is 0 Å². The van der Waals surface area contributed by atoms with Crippen LogP contribution in [0.5, 0.6) is 0 Å². The van der Waals surface area contributed by atoms with Gasteiger partial charge in [0.15, 0.2) is 11.5 Å². The molecular formula is C11H13N5O2. The van der Waals surface area contributed by atoms with Crippen LogP contribution in [0.1, 0.15) is 13.0 Å².